The molecule has 88 valence electrons. The predicted octanol–water partition coefficient (Wildman–Crippen LogP) is -0.244. The van der Waals surface area contributed by atoms with Crippen molar-refractivity contribution in [2.75, 3.05) is 39.6 Å². The standard InChI is InChI=1S/C9H16O6/c1-9(11)15-7-6-13-3-2-12-4-5-14-8-10/h8H,2-7H2,1H3. The number of hydrogen-bond acceptors (Lipinski definition) is 6. The Kier molecular flexibility index (Phi) is 10.1. The normalized spacial score (nSPS) is 9.67. The highest BCUT2D eigenvalue weighted by Crippen LogP contribution is 1.82. The van der Waals surface area contributed by atoms with Gasteiger partial charge in [-0.25, -0.2) is 0 Å². The molecule has 0 fully saturated rings. The van der Waals surface area contributed by atoms with Gasteiger partial charge in [-0.05, 0) is 0 Å². The van der Waals surface area contributed by atoms with E-state index in [2.05, 4.69) is 9.47 Å². The maximum atomic E-state index is 10.3. The highest BCUT2D eigenvalue weighted by Gasteiger charge is 1.93. The molecule has 0 heterocycles. The molecule has 0 saturated heterocycles. The van der Waals surface area contributed by atoms with Gasteiger partial charge in [-0.2, -0.15) is 0 Å². The summed E-state index contributed by atoms with van der Waals surface area (Å²) in [7, 11) is 0. The van der Waals surface area contributed by atoms with Crippen molar-refractivity contribution in [3.8, 4) is 0 Å². The zero-order valence-corrected chi connectivity index (χ0v) is 8.77. The first-order valence-electron chi connectivity index (χ1n) is 4.61. The summed E-state index contributed by atoms with van der Waals surface area (Å²) in [5.74, 6) is -0.319. The maximum Gasteiger partial charge on any atom is 0.302 e. The molecule has 0 aromatic rings. The Morgan fingerprint density at radius 2 is 1.53 bits per heavy atom. The summed E-state index contributed by atoms with van der Waals surface area (Å²) < 4.78 is 19.2. The van der Waals surface area contributed by atoms with Crippen LogP contribution >= 0.6 is 0 Å². The summed E-state index contributed by atoms with van der Waals surface area (Å²) in [5.41, 5.74) is 0. The molecule has 0 rings (SSSR count). The van der Waals surface area contributed by atoms with Crippen molar-refractivity contribution in [2.45, 2.75) is 6.92 Å². The van der Waals surface area contributed by atoms with E-state index in [1.54, 1.807) is 0 Å². The van der Waals surface area contributed by atoms with Crippen molar-refractivity contribution in [1.82, 2.24) is 0 Å². The van der Waals surface area contributed by atoms with E-state index in [1.807, 2.05) is 0 Å². The molecule has 0 radical (unpaired) electrons. The van der Waals surface area contributed by atoms with Gasteiger partial charge in [0.25, 0.3) is 6.47 Å². The van der Waals surface area contributed by atoms with Crippen LogP contribution in [0, 0.1) is 0 Å². The topological polar surface area (TPSA) is 71.1 Å². The van der Waals surface area contributed by atoms with Crippen LogP contribution in [0.25, 0.3) is 0 Å². The SMILES string of the molecule is CC(=O)OCCOCCOCCOC=O. The summed E-state index contributed by atoms with van der Waals surface area (Å²) in [6.45, 7) is 3.76. The van der Waals surface area contributed by atoms with Gasteiger partial charge in [0, 0.05) is 6.92 Å². The van der Waals surface area contributed by atoms with Crippen molar-refractivity contribution in [3.63, 3.8) is 0 Å². The number of esters is 1. The van der Waals surface area contributed by atoms with Crippen LogP contribution in [-0.2, 0) is 28.5 Å². The second kappa shape index (κ2) is 10.9. The van der Waals surface area contributed by atoms with Gasteiger partial charge in [-0.3, -0.25) is 9.59 Å². The van der Waals surface area contributed by atoms with E-state index < -0.39 is 0 Å². The Balaban J connectivity index is 2.92. The van der Waals surface area contributed by atoms with Crippen LogP contribution in [0.3, 0.4) is 0 Å². The molecule has 0 saturated carbocycles. The largest absolute Gasteiger partial charge is 0.465 e. The van der Waals surface area contributed by atoms with E-state index in [0.717, 1.165) is 0 Å². The van der Waals surface area contributed by atoms with Crippen LogP contribution in [-0.4, -0.2) is 52.1 Å². The fraction of sp³-hybridized carbons (Fsp3) is 0.778. The second-order valence-electron chi connectivity index (χ2n) is 2.53. The van der Waals surface area contributed by atoms with Gasteiger partial charge in [-0.15, -0.1) is 0 Å². The summed E-state index contributed by atoms with van der Waals surface area (Å²) in [6.07, 6.45) is 0. The van der Waals surface area contributed by atoms with Gasteiger partial charge < -0.3 is 18.9 Å². The van der Waals surface area contributed by atoms with E-state index >= 15 is 0 Å². The molecule has 15 heavy (non-hydrogen) atoms. The van der Waals surface area contributed by atoms with Gasteiger partial charge in [0.1, 0.15) is 13.2 Å². The molecular formula is C9H16O6. The summed E-state index contributed by atoms with van der Waals surface area (Å²) in [5, 5.41) is 0. The van der Waals surface area contributed by atoms with Crippen LogP contribution in [0.4, 0.5) is 0 Å². The van der Waals surface area contributed by atoms with Gasteiger partial charge in [0.05, 0.1) is 26.4 Å². The quantitative estimate of drug-likeness (QED) is 0.287. The zero-order chi connectivity index (χ0) is 11.4. The van der Waals surface area contributed by atoms with Crippen LogP contribution in [0.15, 0.2) is 0 Å². The van der Waals surface area contributed by atoms with Gasteiger partial charge in [-0.1, -0.05) is 0 Å². The molecule has 0 aromatic carbocycles. The van der Waals surface area contributed by atoms with Crippen LogP contribution < -0.4 is 0 Å². The smallest absolute Gasteiger partial charge is 0.302 e. The molecule has 0 aliphatic heterocycles. The Morgan fingerprint density at radius 1 is 1.00 bits per heavy atom. The Hall–Kier alpha value is -1.14. The van der Waals surface area contributed by atoms with Crippen molar-refractivity contribution in [3.05, 3.63) is 0 Å². The molecule has 0 unspecified atom stereocenters. The van der Waals surface area contributed by atoms with Crippen molar-refractivity contribution >= 4 is 12.4 Å². The van der Waals surface area contributed by atoms with Crippen molar-refractivity contribution in [1.29, 1.82) is 0 Å². The number of rotatable bonds is 10. The minimum absolute atomic E-state index is 0.247. The first-order chi connectivity index (χ1) is 7.27. The third-order valence-electron chi connectivity index (χ3n) is 1.32. The average molecular weight is 220 g/mol. The first-order valence-corrected chi connectivity index (χ1v) is 4.61. The molecule has 6 heteroatoms. The molecule has 0 atom stereocenters. The molecule has 0 spiro atoms. The van der Waals surface area contributed by atoms with Crippen LogP contribution in [0.2, 0.25) is 0 Å². The molecule has 6 nitrogen and oxygen atoms in total. The fourth-order valence-electron chi connectivity index (χ4n) is 0.721. The molecule has 0 N–H and O–H groups in total. The minimum atomic E-state index is -0.319. The Morgan fingerprint density at radius 3 is 2.07 bits per heavy atom. The lowest BCUT2D eigenvalue weighted by atomic mass is 10.7. The molecule has 0 aliphatic carbocycles. The average Bonchev–Trinajstić information content (AvgIpc) is 2.20. The van der Waals surface area contributed by atoms with Crippen molar-refractivity contribution < 1.29 is 28.5 Å². The van der Waals surface area contributed by atoms with Crippen molar-refractivity contribution in [2.24, 2.45) is 0 Å². The second-order valence-corrected chi connectivity index (χ2v) is 2.53. The third-order valence-corrected chi connectivity index (χ3v) is 1.32. The molecule has 0 aliphatic rings. The Bertz CT molecular complexity index is 170. The zero-order valence-electron chi connectivity index (χ0n) is 8.77. The van der Waals surface area contributed by atoms with E-state index in [0.29, 0.717) is 32.9 Å². The molecule has 0 amide bonds. The Labute approximate surface area is 88.4 Å². The molecular weight excluding hydrogens is 204 g/mol. The molecule has 0 aromatic heterocycles. The summed E-state index contributed by atoms with van der Waals surface area (Å²) in [6, 6.07) is 0. The maximum absolute atomic E-state index is 10.3. The number of hydrogen-bond donors (Lipinski definition) is 0. The monoisotopic (exact) mass is 220 g/mol. The van der Waals surface area contributed by atoms with Gasteiger partial charge in [0.15, 0.2) is 0 Å². The number of carbonyl (C=O) groups excluding carboxylic acids is 2. The highest BCUT2D eigenvalue weighted by atomic mass is 16.6. The summed E-state index contributed by atoms with van der Waals surface area (Å²) >= 11 is 0. The predicted molar refractivity (Wildman–Crippen MR) is 50.3 cm³/mol. The highest BCUT2D eigenvalue weighted by molar-refractivity contribution is 5.65. The van der Waals surface area contributed by atoms with Crippen LogP contribution in [0.1, 0.15) is 6.92 Å². The molecule has 0 bridgehead atoms. The number of carbonyl (C=O) groups is 2. The number of ether oxygens (including phenoxy) is 4. The van der Waals surface area contributed by atoms with Gasteiger partial charge in [0.2, 0.25) is 0 Å². The van der Waals surface area contributed by atoms with Gasteiger partial charge >= 0.3 is 5.97 Å². The summed E-state index contributed by atoms with van der Waals surface area (Å²) in [4.78, 5) is 20.1. The fourth-order valence-corrected chi connectivity index (χ4v) is 0.721. The lowest BCUT2D eigenvalue weighted by Gasteiger charge is -2.05. The lowest BCUT2D eigenvalue weighted by Crippen LogP contribution is -2.12. The van der Waals surface area contributed by atoms with E-state index in [9.17, 15) is 9.59 Å². The van der Waals surface area contributed by atoms with Crippen LogP contribution in [0.5, 0.6) is 0 Å². The van der Waals surface area contributed by atoms with E-state index in [4.69, 9.17) is 9.47 Å². The first kappa shape index (κ1) is 13.9. The minimum Gasteiger partial charge on any atom is -0.465 e. The van der Waals surface area contributed by atoms with E-state index in [1.165, 1.54) is 6.92 Å². The lowest BCUT2D eigenvalue weighted by molar-refractivity contribution is -0.142. The third kappa shape index (κ3) is 12.9. The van der Waals surface area contributed by atoms with E-state index in [-0.39, 0.29) is 19.2 Å².